The summed E-state index contributed by atoms with van der Waals surface area (Å²) in [5.74, 6) is 0.854. The lowest BCUT2D eigenvalue weighted by Crippen LogP contribution is -2.20. The molecule has 8 nitrogen and oxygen atoms in total. The maximum absolute atomic E-state index is 12.3. The Hall–Kier alpha value is -3.59. The van der Waals surface area contributed by atoms with Crippen molar-refractivity contribution in [1.82, 2.24) is 9.97 Å². The highest BCUT2D eigenvalue weighted by Crippen LogP contribution is 2.34. The Kier molecular flexibility index (Phi) is 4.95. The summed E-state index contributed by atoms with van der Waals surface area (Å²) in [5, 5.41) is 6.05. The molecule has 0 radical (unpaired) electrons. The van der Waals surface area contributed by atoms with Crippen LogP contribution in [0.3, 0.4) is 0 Å². The zero-order chi connectivity index (χ0) is 21.4. The SMILES string of the molecule is NC(=O)c1cc(-c2csc(NC(=O)COc3ccc4oc5c(c4c3)CCCC5)n2)c[nH]1. The fourth-order valence-corrected chi connectivity index (χ4v) is 4.52. The molecule has 1 aliphatic carbocycles. The number of fused-ring (bicyclic) bond motifs is 3. The van der Waals surface area contributed by atoms with E-state index in [-0.39, 0.29) is 12.5 Å². The fraction of sp³-hybridized carbons (Fsp3) is 0.227. The second-order valence-electron chi connectivity index (χ2n) is 7.41. The molecule has 4 aromatic rings. The number of H-pyrrole nitrogens is 1. The Morgan fingerprint density at radius 1 is 1.26 bits per heavy atom. The molecule has 3 aromatic heterocycles. The van der Waals surface area contributed by atoms with E-state index >= 15 is 0 Å². The van der Waals surface area contributed by atoms with Crippen LogP contribution in [0.25, 0.3) is 22.2 Å². The normalized spacial score (nSPS) is 13.2. The number of amides is 2. The number of aryl methyl sites for hydroxylation is 2. The molecule has 9 heteroatoms. The van der Waals surface area contributed by atoms with Crippen LogP contribution in [0.4, 0.5) is 5.13 Å². The van der Waals surface area contributed by atoms with Crippen LogP contribution in [0, 0.1) is 0 Å². The summed E-state index contributed by atoms with van der Waals surface area (Å²) in [5.41, 5.74) is 9.04. The van der Waals surface area contributed by atoms with Gasteiger partial charge in [-0.2, -0.15) is 0 Å². The number of nitrogens with one attached hydrogen (secondary N) is 2. The maximum atomic E-state index is 12.3. The Bertz CT molecular complexity index is 1290. The lowest BCUT2D eigenvalue weighted by atomic mass is 9.96. The summed E-state index contributed by atoms with van der Waals surface area (Å²) < 4.78 is 11.6. The Morgan fingerprint density at radius 3 is 2.97 bits per heavy atom. The van der Waals surface area contributed by atoms with Gasteiger partial charge in [-0.25, -0.2) is 4.98 Å². The van der Waals surface area contributed by atoms with E-state index in [1.54, 1.807) is 17.6 Å². The van der Waals surface area contributed by atoms with E-state index in [0.29, 0.717) is 22.3 Å². The number of primary amides is 1. The molecular weight excluding hydrogens is 416 g/mol. The van der Waals surface area contributed by atoms with Crippen molar-refractivity contribution in [2.45, 2.75) is 25.7 Å². The third-order valence-electron chi connectivity index (χ3n) is 5.29. The summed E-state index contributed by atoms with van der Waals surface area (Å²) in [6, 6.07) is 7.27. The number of nitrogens with zero attached hydrogens (tertiary/aromatic N) is 1. The lowest BCUT2D eigenvalue weighted by molar-refractivity contribution is -0.118. The fourth-order valence-electron chi connectivity index (χ4n) is 3.78. The van der Waals surface area contributed by atoms with Crippen molar-refractivity contribution < 1.29 is 18.7 Å². The number of hydrogen-bond donors (Lipinski definition) is 3. The quantitative estimate of drug-likeness (QED) is 0.423. The number of thiazole rings is 1. The molecule has 1 aromatic carbocycles. The molecule has 158 valence electrons. The second-order valence-corrected chi connectivity index (χ2v) is 8.27. The van der Waals surface area contributed by atoms with Gasteiger partial charge >= 0.3 is 0 Å². The highest BCUT2D eigenvalue weighted by atomic mass is 32.1. The summed E-state index contributed by atoms with van der Waals surface area (Å²) in [7, 11) is 0. The molecule has 0 unspecified atom stereocenters. The van der Waals surface area contributed by atoms with Crippen molar-refractivity contribution in [3.8, 4) is 17.0 Å². The number of nitrogens with two attached hydrogens (primary N) is 1. The number of anilines is 1. The first-order valence-electron chi connectivity index (χ1n) is 9.98. The van der Waals surface area contributed by atoms with Gasteiger partial charge in [-0.1, -0.05) is 0 Å². The van der Waals surface area contributed by atoms with Crippen molar-refractivity contribution in [3.63, 3.8) is 0 Å². The maximum Gasteiger partial charge on any atom is 0.265 e. The van der Waals surface area contributed by atoms with Crippen LogP contribution in [0.15, 0.2) is 40.3 Å². The molecule has 0 atom stereocenters. The second kappa shape index (κ2) is 7.92. The van der Waals surface area contributed by atoms with Gasteiger partial charge in [0.05, 0.1) is 5.69 Å². The standard InChI is InChI=1S/C22H20N4O4S/c23-21(28)16-7-12(9-24-16)17-11-31-22(25-17)26-20(27)10-29-13-5-6-19-15(8-13)14-3-1-2-4-18(14)30-19/h5-9,11,24H,1-4,10H2,(H2,23,28)(H,25,26,27). The topological polar surface area (TPSA) is 123 Å². The van der Waals surface area contributed by atoms with Gasteiger partial charge < -0.3 is 19.9 Å². The molecule has 3 heterocycles. The Labute approximate surface area is 181 Å². The van der Waals surface area contributed by atoms with Crippen molar-refractivity contribution in [3.05, 3.63) is 52.9 Å². The van der Waals surface area contributed by atoms with Gasteiger partial charge in [0, 0.05) is 34.5 Å². The Morgan fingerprint density at radius 2 is 2.13 bits per heavy atom. The molecule has 0 bridgehead atoms. The number of rotatable bonds is 6. The summed E-state index contributed by atoms with van der Waals surface area (Å²) in [6.45, 7) is -0.129. The zero-order valence-electron chi connectivity index (χ0n) is 16.6. The molecule has 31 heavy (non-hydrogen) atoms. The van der Waals surface area contributed by atoms with Crippen LogP contribution in [0.2, 0.25) is 0 Å². The number of benzene rings is 1. The number of aromatic amines is 1. The number of carbonyl (C=O) groups is 2. The van der Waals surface area contributed by atoms with Gasteiger partial charge in [-0.3, -0.25) is 14.9 Å². The van der Waals surface area contributed by atoms with Gasteiger partial charge in [-0.15, -0.1) is 11.3 Å². The van der Waals surface area contributed by atoms with E-state index < -0.39 is 5.91 Å². The van der Waals surface area contributed by atoms with Crippen molar-refractivity contribution in [1.29, 1.82) is 0 Å². The average molecular weight is 436 g/mol. The van der Waals surface area contributed by atoms with Gasteiger partial charge in [-0.05, 0) is 43.5 Å². The molecule has 0 saturated carbocycles. The molecule has 5 rings (SSSR count). The third-order valence-corrected chi connectivity index (χ3v) is 6.05. The lowest BCUT2D eigenvalue weighted by Gasteiger charge is -2.09. The van der Waals surface area contributed by atoms with Gasteiger partial charge in [0.15, 0.2) is 11.7 Å². The molecular formula is C22H20N4O4S. The predicted molar refractivity (Wildman–Crippen MR) is 117 cm³/mol. The largest absolute Gasteiger partial charge is 0.484 e. The molecule has 0 aliphatic heterocycles. The predicted octanol–water partition coefficient (Wildman–Crippen LogP) is 3.88. The van der Waals surface area contributed by atoms with Gasteiger partial charge in [0.25, 0.3) is 11.8 Å². The number of carbonyl (C=O) groups excluding carboxylic acids is 2. The van der Waals surface area contributed by atoms with Crippen LogP contribution in [-0.4, -0.2) is 28.4 Å². The number of hydrogen-bond acceptors (Lipinski definition) is 6. The molecule has 0 fully saturated rings. The van der Waals surface area contributed by atoms with Crippen LogP contribution < -0.4 is 15.8 Å². The Balaban J connectivity index is 1.22. The van der Waals surface area contributed by atoms with E-state index in [1.807, 2.05) is 18.2 Å². The minimum atomic E-state index is -0.540. The van der Waals surface area contributed by atoms with E-state index in [1.165, 1.54) is 16.9 Å². The van der Waals surface area contributed by atoms with Crippen molar-refractivity contribution in [2.75, 3.05) is 11.9 Å². The minimum absolute atomic E-state index is 0.129. The highest BCUT2D eigenvalue weighted by Gasteiger charge is 2.18. The highest BCUT2D eigenvalue weighted by molar-refractivity contribution is 7.14. The van der Waals surface area contributed by atoms with E-state index in [4.69, 9.17) is 14.9 Å². The smallest absolute Gasteiger partial charge is 0.265 e. The minimum Gasteiger partial charge on any atom is -0.484 e. The first-order chi connectivity index (χ1) is 15.1. The average Bonchev–Trinajstić information content (AvgIpc) is 3.50. The molecule has 0 spiro atoms. The summed E-state index contributed by atoms with van der Waals surface area (Å²) in [6.07, 6.45) is 5.96. The number of furan rings is 1. The van der Waals surface area contributed by atoms with E-state index in [9.17, 15) is 9.59 Å². The first kappa shape index (κ1) is 19.4. The van der Waals surface area contributed by atoms with Gasteiger partial charge in [0.1, 0.15) is 22.8 Å². The number of ether oxygens (including phenoxy) is 1. The summed E-state index contributed by atoms with van der Waals surface area (Å²) >= 11 is 1.29. The molecule has 1 aliphatic rings. The van der Waals surface area contributed by atoms with E-state index in [2.05, 4.69) is 15.3 Å². The van der Waals surface area contributed by atoms with Crippen LogP contribution in [0.1, 0.15) is 34.7 Å². The number of aromatic nitrogens is 2. The van der Waals surface area contributed by atoms with Crippen LogP contribution in [-0.2, 0) is 17.6 Å². The molecule has 2 amide bonds. The molecule has 4 N–H and O–H groups in total. The van der Waals surface area contributed by atoms with Crippen LogP contribution >= 0.6 is 11.3 Å². The van der Waals surface area contributed by atoms with Crippen molar-refractivity contribution >= 4 is 39.3 Å². The third kappa shape index (κ3) is 3.91. The molecule has 0 saturated heterocycles. The monoisotopic (exact) mass is 436 g/mol. The van der Waals surface area contributed by atoms with Gasteiger partial charge in [0.2, 0.25) is 0 Å². The zero-order valence-corrected chi connectivity index (χ0v) is 17.4. The summed E-state index contributed by atoms with van der Waals surface area (Å²) in [4.78, 5) is 30.7. The van der Waals surface area contributed by atoms with Crippen molar-refractivity contribution in [2.24, 2.45) is 5.73 Å². The first-order valence-corrected chi connectivity index (χ1v) is 10.9. The van der Waals surface area contributed by atoms with Crippen LogP contribution in [0.5, 0.6) is 5.75 Å². The van der Waals surface area contributed by atoms with E-state index in [0.717, 1.165) is 48.0 Å².